The normalized spacial score (nSPS) is 18.9. The fourth-order valence-electron chi connectivity index (χ4n) is 2.64. The first-order valence-electron chi connectivity index (χ1n) is 6.55. The van der Waals surface area contributed by atoms with E-state index in [9.17, 15) is 9.59 Å². The van der Waals surface area contributed by atoms with Crippen molar-refractivity contribution >= 4 is 17.5 Å². The lowest BCUT2D eigenvalue weighted by molar-refractivity contribution is -0.138. The van der Waals surface area contributed by atoms with Crippen LogP contribution in [0.1, 0.15) is 18.4 Å². The Morgan fingerprint density at radius 2 is 1.89 bits per heavy atom. The van der Waals surface area contributed by atoms with Crippen LogP contribution in [0.5, 0.6) is 0 Å². The molecular formula is C15H16N2O2. The Kier molecular flexibility index (Phi) is 3.07. The molecule has 0 aromatic heterocycles. The minimum Gasteiger partial charge on any atom is -0.329 e. The molecule has 0 spiro atoms. The van der Waals surface area contributed by atoms with Gasteiger partial charge in [-0.1, -0.05) is 30.4 Å². The van der Waals surface area contributed by atoms with Crippen LogP contribution >= 0.6 is 0 Å². The Morgan fingerprint density at radius 1 is 1.16 bits per heavy atom. The van der Waals surface area contributed by atoms with Gasteiger partial charge in [-0.3, -0.25) is 9.59 Å². The van der Waals surface area contributed by atoms with Crippen LogP contribution in [0.15, 0.2) is 36.4 Å². The lowest BCUT2D eigenvalue weighted by Crippen LogP contribution is -2.38. The maximum Gasteiger partial charge on any atom is 0.244 e. The predicted octanol–water partition coefficient (Wildman–Crippen LogP) is 1.93. The highest BCUT2D eigenvalue weighted by atomic mass is 16.2. The van der Waals surface area contributed by atoms with Gasteiger partial charge in [-0.05, 0) is 24.5 Å². The molecule has 1 aromatic carbocycles. The number of hydrogen-bond acceptors (Lipinski definition) is 2. The largest absolute Gasteiger partial charge is 0.329 e. The second-order valence-corrected chi connectivity index (χ2v) is 5.04. The Hall–Kier alpha value is -2.10. The van der Waals surface area contributed by atoms with Crippen LogP contribution in [0.3, 0.4) is 0 Å². The van der Waals surface area contributed by atoms with Gasteiger partial charge in [-0.15, -0.1) is 0 Å². The standard InChI is InChI=1S/C15H16N2O2/c18-14-10-17(15(19)11-5-1-2-6-11)9-12-7-3-4-8-13(12)16-14/h1-4,7-8,11H,5-6,9-10H2,(H,16,18). The van der Waals surface area contributed by atoms with Crippen LogP contribution in [0.2, 0.25) is 0 Å². The van der Waals surface area contributed by atoms with Gasteiger partial charge in [0.1, 0.15) is 6.54 Å². The molecule has 2 aliphatic rings. The molecule has 0 saturated carbocycles. The van der Waals surface area contributed by atoms with Gasteiger partial charge in [0, 0.05) is 18.2 Å². The summed E-state index contributed by atoms with van der Waals surface area (Å²) in [5.74, 6) is -0.0285. The van der Waals surface area contributed by atoms with Gasteiger partial charge in [0.05, 0.1) is 0 Å². The summed E-state index contributed by atoms with van der Waals surface area (Å²) in [5.41, 5.74) is 1.81. The van der Waals surface area contributed by atoms with Crippen molar-refractivity contribution < 1.29 is 9.59 Å². The Labute approximate surface area is 112 Å². The molecule has 4 heteroatoms. The van der Waals surface area contributed by atoms with E-state index in [1.165, 1.54) is 0 Å². The van der Waals surface area contributed by atoms with Crippen molar-refractivity contribution in [2.24, 2.45) is 5.92 Å². The third kappa shape index (κ3) is 2.38. The molecule has 1 N–H and O–H groups in total. The maximum absolute atomic E-state index is 12.4. The lowest BCUT2D eigenvalue weighted by atomic mass is 10.1. The molecular weight excluding hydrogens is 240 g/mol. The van der Waals surface area contributed by atoms with Crippen LogP contribution in [-0.4, -0.2) is 23.3 Å². The van der Waals surface area contributed by atoms with Crippen molar-refractivity contribution in [3.05, 3.63) is 42.0 Å². The lowest BCUT2D eigenvalue weighted by Gasteiger charge is -2.23. The Bertz CT molecular complexity index is 543. The first-order chi connectivity index (χ1) is 9.24. The number of rotatable bonds is 1. The molecule has 1 aromatic rings. The van der Waals surface area contributed by atoms with E-state index in [0.29, 0.717) is 6.54 Å². The van der Waals surface area contributed by atoms with Gasteiger partial charge in [-0.2, -0.15) is 0 Å². The van der Waals surface area contributed by atoms with Crippen molar-refractivity contribution in [2.75, 3.05) is 11.9 Å². The monoisotopic (exact) mass is 256 g/mol. The molecule has 2 amide bonds. The summed E-state index contributed by atoms with van der Waals surface area (Å²) in [4.78, 5) is 25.9. The number of benzene rings is 1. The van der Waals surface area contributed by atoms with Crippen molar-refractivity contribution in [3.8, 4) is 0 Å². The molecule has 0 atom stereocenters. The van der Waals surface area contributed by atoms with E-state index in [2.05, 4.69) is 5.32 Å². The Morgan fingerprint density at radius 3 is 2.68 bits per heavy atom. The molecule has 98 valence electrons. The summed E-state index contributed by atoms with van der Waals surface area (Å²) < 4.78 is 0. The Balaban J connectivity index is 1.83. The number of hydrogen-bond donors (Lipinski definition) is 1. The van der Waals surface area contributed by atoms with Gasteiger partial charge in [0.15, 0.2) is 0 Å². The van der Waals surface area contributed by atoms with E-state index < -0.39 is 0 Å². The molecule has 0 unspecified atom stereocenters. The number of carbonyl (C=O) groups is 2. The molecule has 0 radical (unpaired) electrons. The first-order valence-corrected chi connectivity index (χ1v) is 6.55. The molecule has 3 rings (SSSR count). The number of nitrogens with zero attached hydrogens (tertiary/aromatic N) is 1. The van der Waals surface area contributed by atoms with Gasteiger partial charge >= 0.3 is 0 Å². The minimum atomic E-state index is -0.121. The smallest absolute Gasteiger partial charge is 0.244 e. The second-order valence-electron chi connectivity index (χ2n) is 5.04. The summed E-state index contributed by atoms with van der Waals surface area (Å²) in [6.07, 6.45) is 5.65. The van der Waals surface area contributed by atoms with Crippen LogP contribution in [0.4, 0.5) is 5.69 Å². The number of carbonyl (C=O) groups excluding carboxylic acids is 2. The quantitative estimate of drug-likeness (QED) is 0.781. The third-order valence-corrected chi connectivity index (χ3v) is 3.66. The van der Waals surface area contributed by atoms with Crippen molar-refractivity contribution in [2.45, 2.75) is 19.4 Å². The third-order valence-electron chi connectivity index (χ3n) is 3.66. The van der Waals surface area contributed by atoms with E-state index in [1.54, 1.807) is 4.90 Å². The van der Waals surface area contributed by atoms with Crippen molar-refractivity contribution in [1.82, 2.24) is 4.90 Å². The molecule has 0 saturated heterocycles. The second kappa shape index (κ2) is 4.88. The molecule has 1 aliphatic carbocycles. The van der Waals surface area contributed by atoms with E-state index in [0.717, 1.165) is 24.1 Å². The summed E-state index contributed by atoms with van der Waals surface area (Å²) >= 11 is 0. The van der Waals surface area contributed by atoms with Crippen LogP contribution in [0, 0.1) is 5.92 Å². The predicted molar refractivity (Wildman–Crippen MR) is 72.4 cm³/mol. The summed E-state index contributed by atoms with van der Waals surface area (Å²) in [5, 5.41) is 2.85. The highest BCUT2D eigenvalue weighted by Gasteiger charge is 2.28. The number of nitrogens with one attached hydrogen (secondary N) is 1. The van der Waals surface area contributed by atoms with Crippen molar-refractivity contribution in [1.29, 1.82) is 0 Å². The van der Waals surface area contributed by atoms with E-state index in [4.69, 9.17) is 0 Å². The molecule has 0 bridgehead atoms. The fraction of sp³-hybridized carbons (Fsp3) is 0.333. The number of amides is 2. The van der Waals surface area contributed by atoms with E-state index in [-0.39, 0.29) is 24.3 Å². The summed E-state index contributed by atoms with van der Waals surface area (Å²) in [7, 11) is 0. The zero-order chi connectivity index (χ0) is 13.2. The molecule has 0 fully saturated rings. The average molecular weight is 256 g/mol. The highest BCUT2D eigenvalue weighted by molar-refractivity contribution is 5.96. The fourth-order valence-corrected chi connectivity index (χ4v) is 2.64. The first kappa shape index (κ1) is 12.0. The molecule has 1 heterocycles. The van der Waals surface area contributed by atoms with Crippen LogP contribution < -0.4 is 5.32 Å². The number of allylic oxidation sites excluding steroid dienone is 2. The van der Waals surface area contributed by atoms with Gasteiger partial charge in [0.25, 0.3) is 0 Å². The summed E-state index contributed by atoms with van der Waals surface area (Å²) in [6.45, 7) is 0.647. The highest BCUT2D eigenvalue weighted by Crippen LogP contribution is 2.25. The van der Waals surface area contributed by atoms with Gasteiger partial charge in [0.2, 0.25) is 11.8 Å². The SMILES string of the molecule is O=C1CN(C(=O)C2CC=CC2)Cc2ccccc2N1. The molecule has 4 nitrogen and oxygen atoms in total. The van der Waals surface area contributed by atoms with Crippen molar-refractivity contribution in [3.63, 3.8) is 0 Å². The zero-order valence-corrected chi connectivity index (χ0v) is 10.6. The zero-order valence-electron chi connectivity index (χ0n) is 10.6. The van der Waals surface area contributed by atoms with Gasteiger partial charge < -0.3 is 10.2 Å². The average Bonchev–Trinajstić information content (AvgIpc) is 2.87. The topological polar surface area (TPSA) is 49.4 Å². The molecule has 1 aliphatic heterocycles. The number of fused-ring (bicyclic) bond motifs is 1. The maximum atomic E-state index is 12.4. The van der Waals surface area contributed by atoms with Crippen LogP contribution in [0.25, 0.3) is 0 Å². The van der Waals surface area contributed by atoms with E-state index >= 15 is 0 Å². The minimum absolute atomic E-state index is 0.0121. The number of anilines is 1. The molecule has 19 heavy (non-hydrogen) atoms. The van der Waals surface area contributed by atoms with E-state index in [1.807, 2.05) is 36.4 Å². The van der Waals surface area contributed by atoms with Crippen LogP contribution in [-0.2, 0) is 16.1 Å². The summed E-state index contributed by atoms with van der Waals surface area (Å²) in [6, 6.07) is 7.64. The van der Waals surface area contributed by atoms with Gasteiger partial charge in [-0.25, -0.2) is 0 Å². The number of para-hydroxylation sites is 1.